The normalized spacial score (nSPS) is 14.5. The van der Waals surface area contributed by atoms with E-state index in [0.717, 1.165) is 5.56 Å². The predicted octanol–water partition coefficient (Wildman–Crippen LogP) is 6.03. The smallest absolute Gasteiger partial charge is 0.269 e. The van der Waals surface area contributed by atoms with E-state index in [9.17, 15) is 20.0 Å². The minimum Gasteiger partial charge on any atom is -0.508 e. The van der Waals surface area contributed by atoms with Gasteiger partial charge in [0.25, 0.3) is 11.6 Å². The lowest BCUT2D eigenvalue weighted by atomic mass is 10.1. The van der Waals surface area contributed by atoms with Crippen molar-refractivity contribution >= 4 is 29.1 Å². The summed E-state index contributed by atoms with van der Waals surface area (Å²) in [6, 6.07) is 25.6. The summed E-state index contributed by atoms with van der Waals surface area (Å²) in [5.41, 5.74) is 3.35. The fourth-order valence-electron chi connectivity index (χ4n) is 3.78. The maximum absolute atomic E-state index is 13.4. The van der Waals surface area contributed by atoms with Crippen LogP contribution >= 0.6 is 0 Å². The van der Waals surface area contributed by atoms with Crippen LogP contribution in [0.5, 0.6) is 5.75 Å². The molecule has 3 aromatic carbocycles. The second-order valence-electron chi connectivity index (χ2n) is 7.66. The molecule has 5 rings (SSSR count). The van der Waals surface area contributed by atoms with E-state index in [1.54, 1.807) is 53.5 Å². The lowest BCUT2D eigenvalue weighted by Crippen LogP contribution is -2.24. The Morgan fingerprint density at radius 2 is 1.56 bits per heavy atom. The first-order valence-electron chi connectivity index (χ1n) is 10.5. The molecule has 0 saturated carbocycles. The Balaban J connectivity index is 1.50. The van der Waals surface area contributed by atoms with Crippen LogP contribution in [0.2, 0.25) is 0 Å². The summed E-state index contributed by atoms with van der Waals surface area (Å²) in [5, 5.41) is 20.5. The van der Waals surface area contributed by atoms with Gasteiger partial charge in [0, 0.05) is 29.0 Å². The number of rotatable bonds is 5. The summed E-state index contributed by atoms with van der Waals surface area (Å²) < 4.78 is 5.90. The number of nitro groups is 1. The molecule has 0 unspecified atom stereocenters. The number of carbonyl (C=O) groups is 1. The van der Waals surface area contributed by atoms with E-state index in [2.05, 4.69) is 0 Å². The van der Waals surface area contributed by atoms with E-state index in [0.29, 0.717) is 34.0 Å². The molecular formula is C27H18N2O5. The van der Waals surface area contributed by atoms with Crippen molar-refractivity contribution in [3.05, 3.63) is 124 Å². The first-order valence-corrected chi connectivity index (χ1v) is 10.5. The molecule has 1 aromatic heterocycles. The molecule has 0 atom stereocenters. The van der Waals surface area contributed by atoms with Gasteiger partial charge in [0.1, 0.15) is 17.3 Å². The lowest BCUT2D eigenvalue weighted by Gasteiger charge is -2.20. The first kappa shape index (κ1) is 21.0. The summed E-state index contributed by atoms with van der Waals surface area (Å²) in [6.07, 6.45) is 3.47. The Labute approximate surface area is 194 Å². The highest BCUT2D eigenvalue weighted by Crippen LogP contribution is 2.36. The van der Waals surface area contributed by atoms with Gasteiger partial charge in [-0.1, -0.05) is 30.3 Å². The number of anilines is 1. The van der Waals surface area contributed by atoms with Gasteiger partial charge in [0.2, 0.25) is 0 Å². The standard InChI is InChI=1S/C27H18N2O5/c30-23-12-10-21(11-13-23)28-25(18-4-2-1-3-5-18)17-20(27(28)31)16-24-14-15-26(34-24)19-6-8-22(9-7-19)29(32)33/h1-17,30H/b20-16+. The fourth-order valence-corrected chi connectivity index (χ4v) is 3.78. The van der Waals surface area contributed by atoms with E-state index in [4.69, 9.17) is 4.42 Å². The zero-order valence-electron chi connectivity index (χ0n) is 17.8. The van der Waals surface area contributed by atoms with Crippen LogP contribution in [0, 0.1) is 10.1 Å². The van der Waals surface area contributed by atoms with E-state index in [1.807, 2.05) is 30.3 Å². The van der Waals surface area contributed by atoms with Gasteiger partial charge in [-0.3, -0.25) is 19.8 Å². The van der Waals surface area contributed by atoms with Gasteiger partial charge in [-0.25, -0.2) is 0 Å². The molecule has 2 heterocycles. The number of nitrogens with zero attached hydrogens (tertiary/aromatic N) is 2. The third kappa shape index (κ3) is 3.98. The van der Waals surface area contributed by atoms with Crippen molar-refractivity contribution in [3.8, 4) is 17.1 Å². The highest BCUT2D eigenvalue weighted by molar-refractivity contribution is 6.23. The maximum atomic E-state index is 13.4. The molecule has 1 aliphatic heterocycles. The van der Waals surface area contributed by atoms with Crippen LogP contribution < -0.4 is 4.90 Å². The molecule has 0 fully saturated rings. The van der Waals surface area contributed by atoms with Crippen molar-refractivity contribution in [1.29, 1.82) is 0 Å². The molecule has 1 aliphatic rings. The second kappa shape index (κ2) is 8.55. The van der Waals surface area contributed by atoms with Crippen LogP contribution in [-0.2, 0) is 4.79 Å². The summed E-state index contributed by atoms with van der Waals surface area (Å²) in [4.78, 5) is 25.4. The number of benzene rings is 3. The van der Waals surface area contributed by atoms with Crippen LogP contribution in [0.3, 0.4) is 0 Å². The summed E-state index contributed by atoms with van der Waals surface area (Å²) in [5.74, 6) is 0.909. The van der Waals surface area contributed by atoms with Gasteiger partial charge in [-0.15, -0.1) is 0 Å². The quantitative estimate of drug-likeness (QED) is 0.227. The highest BCUT2D eigenvalue weighted by Gasteiger charge is 2.30. The lowest BCUT2D eigenvalue weighted by molar-refractivity contribution is -0.384. The van der Waals surface area contributed by atoms with Gasteiger partial charge in [0.15, 0.2) is 0 Å². The molecule has 7 nitrogen and oxygen atoms in total. The number of carbonyl (C=O) groups excluding carboxylic acids is 1. The predicted molar refractivity (Wildman–Crippen MR) is 129 cm³/mol. The number of non-ortho nitro benzene ring substituents is 1. The molecular weight excluding hydrogens is 432 g/mol. The number of hydrogen-bond acceptors (Lipinski definition) is 5. The molecule has 0 bridgehead atoms. The minimum absolute atomic E-state index is 0.00195. The zero-order chi connectivity index (χ0) is 23.7. The third-order valence-electron chi connectivity index (χ3n) is 5.45. The van der Waals surface area contributed by atoms with E-state index >= 15 is 0 Å². The third-order valence-corrected chi connectivity index (χ3v) is 5.45. The van der Waals surface area contributed by atoms with Gasteiger partial charge >= 0.3 is 0 Å². The molecule has 0 spiro atoms. The van der Waals surface area contributed by atoms with Crippen molar-refractivity contribution in [2.24, 2.45) is 0 Å². The summed E-state index contributed by atoms with van der Waals surface area (Å²) in [7, 11) is 0. The van der Waals surface area contributed by atoms with Crippen LogP contribution in [0.25, 0.3) is 23.1 Å². The first-order chi connectivity index (χ1) is 16.5. The summed E-state index contributed by atoms with van der Waals surface area (Å²) in [6.45, 7) is 0. The monoisotopic (exact) mass is 450 g/mol. The largest absolute Gasteiger partial charge is 0.508 e. The second-order valence-corrected chi connectivity index (χ2v) is 7.66. The molecule has 0 aliphatic carbocycles. The van der Waals surface area contributed by atoms with E-state index < -0.39 is 4.92 Å². The van der Waals surface area contributed by atoms with Crippen LogP contribution in [-0.4, -0.2) is 15.9 Å². The Morgan fingerprint density at radius 1 is 0.853 bits per heavy atom. The number of nitro benzene ring substituents is 1. The zero-order valence-corrected chi connectivity index (χ0v) is 17.8. The van der Waals surface area contributed by atoms with Crippen LogP contribution in [0.15, 0.2) is 107 Å². The number of aromatic hydroxyl groups is 1. The number of phenolic OH excluding ortho intramolecular Hbond substituents is 1. The molecule has 4 aromatic rings. The maximum Gasteiger partial charge on any atom is 0.269 e. The molecule has 34 heavy (non-hydrogen) atoms. The number of hydrogen-bond donors (Lipinski definition) is 1. The average Bonchev–Trinajstić information content (AvgIpc) is 3.45. The Kier molecular flexibility index (Phi) is 5.27. The van der Waals surface area contributed by atoms with Crippen LogP contribution in [0.4, 0.5) is 11.4 Å². The van der Waals surface area contributed by atoms with Gasteiger partial charge < -0.3 is 9.52 Å². The molecule has 7 heteroatoms. The molecule has 166 valence electrons. The Bertz CT molecular complexity index is 1430. The molecule has 0 radical (unpaired) electrons. The minimum atomic E-state index is -0.454. The van der Waals surface area contributed by atoms with Gasteiger partial charge in [0.05, 0.1) is 10.6 Å². The molecule has 1 amide bonds. The van der Waals surface area contributed by atoms with Crippen LogP contribution in [0.1, 0.15) is 11.3 Å². The van der Waals surface area contributed by atoms with E-state index in [-0.39, 0.29) is 17.3 Å². The number of amides is 1. The SMILES string of the molecule is O=C1/C(=C/c2ccc(-c3ccc([N+](=O)[O-])cc3)o2)C=C(c2ccccc2)N1c1ccc(O)cc1. The van der Waals surface area contributed by atoms with Crippen molar-refractivity contribution in [2.45, 2.75) is 0 Å². The van der Waals surface area contributed by atoms with Gasteiger partial charge in [-0.2, -0.15) is 0 Å². The van der Waals surface area contributed by atoms with Gasteiger partial charge in [-0.05, 0) is 66.2 Å². The van der Waals surface area contributed by atoms with Crippen molar-refractivity contribution in [3.63, 3.8) is 0 Å². The van der Waals surface area contributed by atoms with Crippen molar-refractivity contribution in [1.82, 2.24) is 0 Å². The molecule has 1 N–H and O–H groups in total. The number of furan rings is 1. The van der Waals surface area contributed by atoms with E-state index in [1.165, 1.54) is 24.3 Å². The molecule has 0 saturated heterocycles. The van der Waals surface area contributed by atoms with Crippen molar-refractivity contribution < 1.29 is 19.2 Å². The highest BCUT2D eigenvalue weighted by atomic mass is 16.6. The topological polar surface area (TPSA) is 96.8 Å². The number of phenols is 1. The Hall–Kier alpha value is -4.91. The average molecular weight is 450 g/mol. The van der Waals surface area contributed by atoms with Crippen molar-refractivity contribution in [2.75, 3.05) is 4.90 Å². The summed E-state index contributed by atoms with van der Waals surface area (Å²) >= 11 is 0. The fraction of sp³-hybridized carbons (Fsp3) is 0. The Morgan fingerprint density at radius 3 is 2.24 bits per heavy atom.